The molecule has 152 valence electrons. The van der Waals surface area contributed by atoms with Gasteiger partial charge in [0.2, 0.25) is 17.7 Å². The average molecular weight is 401 g/mol. The van der Waals surface area contributed by atoms with Crippen molar-refractivity contribution in [2.24, 2.45) is 20.0 Å². The molecule has 1 unspecified atom stereocenters. The smallest absolute Gasteiger partial charge is 0.333 e. The molecule has 1 aliphatic heterocycles. The molecule has 0 saturated carbocycles. The predicted octanol–water partition coefficient (Wildman–Crippen LogP) is -1.02. The first kappa shape index (κ1) is 20.0. The Morgan fingerprint density at radius 1 is 0.897 bits per heavy atom. The summed E-state index contributed by atoms with van der Waals surface area (Å²) in [6.45, 7) is 0. The molecule has 2 aromatic rings. The Kier molecular flexibility index (Phi) is 4.83. The molecule has 11 nitrogen and oxygen atoms in total. The Hall–Kier alpha value is -3.76. The summed E-state index contributed by atoms with van der Waals surface area (Å²) < 4.78 is 1.63. The molecule has 0 aromatic carbocycles. The van der Waals surface area contributed by atoms with Crippen LogP contribution in [0.25, 0.3) is 0 Å². The number of nitrogens with zero attached hydrogens (tertiary/aromatic N) is 5. The van der Waals surface area contributed by atoms with Gasteiger partial charge in [-0.05, 0) is 17.7 Å². The van der Waals surface area contributed by atoms with Gasteiger partial charge in [-0.25, -0.2) is 9.59 Å². The summed E-state index contributed by atoms with van der Waals surface area (Å²) in [6.07, 6.45) is 2.81. The third-order valence-corrected chi connectivity index (χ3v) is 5.14. The van der Waals surface area contributed by atoms with E-state index in [1.54, 1.807) is 0 Å². The van der Waals surface area contributed by atoms with Crippen molar-refractivity contribution in [3.63, 3.8) is 0 Å². The van der Waals surface area contributed by atoms with E-state index in [4.69, 9.17) is 0 Å². The number of carbonyl (C=O) groups excluding carboxylic acids is 3. The normalized spacial score (nSPS) is 16.5. The van der Waals surface area contributed by atoms with Gasteiger partial charge in [-0.2, -0.15) is 0 Å². The zero-order valence-electron chi connectivity index (χ0n) is 16.2. The summed E-state index contributed by atoms with van der Waals surface area (Å²) in [5.41, 5.74) is -1.58. The van der Waals surface area contributed by atoms with Crippen LogP contribution in [-0.2, 0) is 23.7 Å². The second-order valence-corrected chi connectivity index (χ2v) is 6.76. The van der Waals surface area contributed by atoms with Gasteiger partial charge in [0.05, 0.1) is 5.56 Å². The highest BCUT2D eigenvalue weighted by Crippen LogP contribution is 2.37. The number of amides is 4. The quantitative estimate of drug-likeness (QED) is 0.651. The number of pyridine rings is 1. The largest absolute Gasteiger partial charge is 0.494 e. The maximum absolute atomic E-state index is 12.9. The second-order valence-electron chi connectivity index (χ2n) is 6.76. The Labute approximate surface area is 164 Å². The van der Waals surface area contributed by atoms with Crippen LogP contribution in [-0.4, -0.2) is 61.0 Å². The van der Waals surface area contributed by atoms with Crippen LogP contribution >= 0.6 is 0 Å². The minimum absolute atomic E-state index is 0.302. The third kappa shape index (κ3) is 2.91. The Balaban J connectivity index is 2.37. The minimum Gasteiger partial charge on any atom is -0.494 e. The summed E-state index contributed by atoms with van der Waals surface area (Å²) in [4.78, 5) is 68.5. The van der Waals surface area contributed by atoms with E-state index in [0.717, 1.165) is 18.9 Å². The summed E-state index contributed by atoms with van der Waals surface area (Å²) >= 11 is 0. The van der Waals surface area contributed by atoms with Crippen LogP contribution in [0.5, 0.6) is 5.88 Å². The zero-order chi connectivity index (χ0) is 21.6. The summed E-state index contributed by atoms with van der Waals surface area (Å²) in [6, 6.07) is 2.18. The highest BCUT2D eigenvalue weighted by molar-refractivity contribution is 6.16. The molecule has 1 fully saturated rings. The number of urea groups is 1. The Morgan fingerprint density at radius 3 is 1.93 bits per heavy atom. The number of rotatable bonds is 3. The number of aromatic nitrogens is 3. The maximum Gasteiger partial charge on any atom is 0.333 e. The summed E-state index contributed by atoms with van der Waals surface area (Å²) in [5.74, 6) is -5.06. The SMILES string of the molecule is CN1C(=O)C(C(c2ccncc2)c2c(O)n(C)c(=O)n(C)c2=O)C(=O)N(C)C1=O. The lowest BCUT2D eigenvalue weighted by Crippen LogP contribution is -2.58. The van der Waals surface area contributed by atoms with Gasteiger partial charge in [0.1, 0.15) is 5.92 Å². The maximum atomic E-state index is 12.9. The van der Waals surface area contributed by atoms with Gasteiger partial charge in [0.25, 0.3) is 5.56 Å². The van der Waals surface area contributed by atoms with Gasteiger partial charge < -0.3 is 5.11 Å². The van der Waals surface area contributed by atoms with Crippen LogP contribution in [0, 0.1) is 5.92 Å². The van der Waals surface area contributed by atoms with Crippen molar-refractivity contribution in [1.82, 2.24) is 23.9 Å². The van der Waals surface area contributed by atoms with E-state index in [9.17, 15) is 29.1 Å². The van der Waals surface area contributed by atoms with E-state index < -0.39 is 46.8 Å². The van der Waals surface area contributed by atoms with Crippen molar-refractivity contribution in [3.05, 3.63) is 56.5 Å². The van der Waals surface area contributed by atoms with Gasteiger partial charge >= 0.3 is 11.7 Å². The number of imide groups is 2. The van der Waals surface area contributed by atoms with Crippen LogP contribution < -0.4 is 11.2 Å². The molecular formula is C18H19N5O6. The third-order valence-electron chi connectivity index (χ3n) is 5.14. The average Bonchev–Trinajstić information content (AvgIpc) is 2.73. The molecule has 3 rings (SSSR count). The van der Waals surface area contributed by atoms with Crippen LogP contribution in [0.15, 0.2) is 34.1 Å². The number of carbonyl (C=O) groups is 3. The Bertz CT molecular complexity index is 1110. The molecule has 4 amide bonds. The molecule has 0 bridgehead atoms. The highest BCUT2D eigenvalue weighted by atomic mass is 16.3. The lowest BCUT2D eigenvalue weighted by atomic mass is 9.79. The number of hydrogen-bond donors (Lipinski definition) is 1. The van der Waals surface area contributed by atoms with E-state index in [-0.39, 0.29) is 5.56 Å². The number of barbiturate groups is 1. The van der Waals surface area contributed by atoms with E-state index in [1.165, 1.54) is 52.7 Å². The standard InChI is InChI=1S/C18H19N5O6/c1-20-13(24)11(14(25)21(2)17(20)28)10(9-5-7-19-8-6-9)12-15(26)22(3)18(29)23(4)16(12)27/h5-8,10-11,26H,1-4H3. The molecule has 1 N–H and O–H groups in total. The highest BCUT2D eigenvalue weighted by Gasteiger charge is 2.49. The first-order chi connectivity index (χ1) is 13.6. The molecule has 1 aliphatic rings. The first-order valence-electron chi connectivity index (χ1n) is 8.57. The molecule has 29 heavy (non-hydrogen) atoms. The molecule has 0 radical (unpaired) electrons. The van der Waals surface area contributed by atoms with Gasteiger partial charge in [-0.1, -0.05) is 0 Å². The molecule has 2 aromatic heterocycles. The van der Waals surface area contributed by atoms with Crippen molar-refractivity contribution in [3.8, 4) is 5.88 Å². The second kappa shape index (κ2) is 7.00. The van der Waals surface area contributed by atoms with Gasteiger partial charge in [-0.3, -0.25) is 38.3 Å². The van der Waals surface area contributed by atoms with Crippen molar-refractivity contribution < 1.29 is 19.5 Å². The van der Waals surface area contributed by atoms with Crippen LogP contribution in [0.4, 0.5) is 4.79 Å². The molecule has 3 heterocycles. The van der Waals surface area contributed by atoms with Crippen molar-refractivity contribution in [2.75, 3.05) is 14.1 Å². The monoisotopic (exact) mass is 401 g/mol. The predicted molar refractivity (Wildman–Crippen MR) is 99.1 cm³/mol. The van der Waals surface area contributed by atoms with E-state index in [0.29, 0.717) is 5.56 Å². The van der Waals surface area contributed by atoms with Crippen LogP contribution in [0.1, 0.15) is 17.0 Å². The molecule has 0 spiro atoms. The minimum atomic E-state index is -1.50. The fourth-order valence-corrected chi connectivity index (χ4v) is 3.45. The van der Waals surface area contributed by atoms with Crippen LogP contribution in [0.2, 0.25) is 0 Å². The zero-order valence-corrected chi connectivity index (χ0v) is 16.2. The fraction of sp³-hybridized carbons (Fsp3) is 0.333. The van der Waals surface area contributed by atoms with E-state index >= 15 is 0 Å². The lowest BCUT2D eigenvalue weighted by Gasteiger charge is -2.36. The fourth-order valence-electron chi connectivity index (χ4n) is 3.45. The van der Waals surface area contributed by atoms with Gasteiger partial charge in [-0.15, -0.1) is 0 Å². The molecule has 1 atom stereocenters. The molecule has 1 saturated heterocycles. The van der Waals surface area contributed by atoms with E-state index in [2.05, 4.69) is 4.98 Å². The first-order valence-corrected chi connectivity index (χ1v) is 8.57. The summed E-state index contributed by atoms with van der Waals surface area (Å²) in [5, 5.41) is 10.6. The number of hydrogen-bond acceptors (Lipinski definition) is 7. The number of aromatic hydroxyl groups is 1. The molecule has 11 heteroatoms. The summed E-state index contributed by atoms with van der Waals surface area (Å²) in [7, 11) is 4.94. The van der Waals surface area contributed by atoms with Crippen molar-refractivity contribution in [1.29, 1.82) is 0 Å². The lowest BCUT2D eigenvalue weighted by molar-refractivity contribution is -0.148. The molecular weight excluding hydrogens is 382 g/mol. The van der Waals surface area contributed by atoms with Crippen molar-refractivity contribution >= 4 is 17.8 Å². The Morgan fingerprint density at radius 2 is 1.41 bits per heavy atom. The topological polar surface area (TPSA) is 135 Å². The van der Waals surface area contributed by atoms with E-state index in [1.807, 2.05) is 0 Å². The van der Waals surface area contributed by atoms with Crippen molar-refractivity contribution in [2.45, 2.75) is 5.92 Å². The van der Waals surface area contributed by atoms with Gasteiger partial charge in [0, 0.05) is 46.5 Å². The van der Waals surface area contributed by atoms with Gasteiger partial charge in [0.15, 0.2) is 0 Å². The van der Waals surface area contributed by atoms with Crippen LogP contribution in [0.3, 0.4) is 0 Å². The molecule has 0 aliphatic carbocycles.